The lowest BCUT2D eigenvalue weighted by atomic mass is 10.1. The second-order valence-electron chi connectivity index (χ2n) is 3.33. The van der Waals surface area contributed by atoms with E-state index in [1.807, 2.05) is 0 Å². The second-order valence-corrected chi connectivity index (χ2v) is 4.11. The van der Waals surface area contributed by atoms with Crippen LogP contribution in [0.1, 0.15) is 18.4 Å². The molecule has 0 atom stereocenters. The van der Waals surface area contributed by atoms with Crippen LogP contribution in [-0.2, 0) is 11.2 Å². The summed E-state index contributed by atoms with van der Waals surface area (Å²) in [4.78, 5) is 0. The zero-order valence-electron chi connectivity index (χ0n) is 8.79. The summed E-state index contributed by atoms with van der Waals surface area (Å²) in [7, 11) is 1.73. The molecule has 0 fully saturated rings. The molecule has 1 rings (SSSR count). The van der Waals surface area contributed by atoms with E-state index in [0.29, 0.717) is 0 Å². The molecule has 0 aliphatic heterocycles. The molecule has 1 aromatic rings. The molecule has 2 nitrogen and oxygen atoms in total. The number of thiophene rings is 1. The van der Waals surface area contributed by atoms with Gasteiger partial charge in [-0.25, -0.2) is 0 Å². The first-order valence-electron chi connectivity index (χ1n) is 5.14. The van der Waals surface area contributed by atoms with E-state index in [-0.39, 0.29) is 0 Å². The Bertz CT molecular complexity index is 211. The molecule has 0 aromatic carbocycles. The number of hydrogen-bond donors (Lipinski definition) is 1. The van der Waals surface area contributed by atoms with Gasteiger partial charge in [0.2, 0.25) is 0 Å². The second kappa shape index (κ2) is 7.97. The lowest BCUT2D eigenvalue weighted by Gasteiger charge is -2.03. The van der Waals surface area contributed by atoms with Crippen LogP contribution in [0.2, 0.25) is 0 Å². The van der Waals surface area contributed by atoms with E-state index in [1.54, 1.807) is 18.4 Å². The maximum Gasteiger partial charge on any atom is 0.0587 e. The van der Waals surface area contributed by atoms with Gasteiger partial charge in [-0.15, -0.1) is 0 Å². The van der Waals surface area contributed by atoms with Gasteiger partial charge in [0.05, 0.1) is 6.61 Å². The minimum Gasteiger partial charge on any atom is -0.383 e. The van der Waals surface area contributed by atoms with Crippen LogP contribution in [0.5, 0.6) is 0 Å². The summed E-state index contributed by atoms with van der Waals surface area (Å²) in [5, 5.41) is 7.72. The van der Waals surface area contributed by atoms with Gasteiger partial charge in [0.15, 0.2) is 0 Å². The van der Waals surface area contributed by atoms with Gasteiger partial charge in [0, 0.05) is 13.7 Å². The van der Waals surface area contributed by atoms with Gasteiger partial charge in [-0.3, -0.25) is 0 Å². The zero-order valence-corrected chi connectivity index (χ0v) is 9.61. The summed E-state index contributed by atoms with van der Waals surface area (Å²) < 4.78 is 4.95. The first-order chi connectivity index (χ1) is 6.93. The molecule has 80 valence electrons. The van der Waals surface area contributed by atoms with E-state index in [0.717, 1.165) is 19.7 Å². The molecular formula is C11H19NOS. The van der Waals surface area contributed by atoms with Crippen molar-refractivity contribution in [3.05, 3.63) is 22.4 Å². The van der Waals surface area contributed by atoms with E-state index < -0.39 is 0 Å². The van der Waals surface area contributed by atoms with Gasteiger partial charge in [0.25, 0.3) is 0 Å². The molecule has 0 spiro atoms. The third-order valence-corrected chi connectivity index (χ3v) is 2.86. The van der Waals surface area contributed by atoms with E-state index in [4.69, 9.17) is 4.74 Å². The molecule has 0 bridgehead atoms. The molecule has 1 N–H and O–H groups in total. The summed E-state index contributed by atoms with van der Waals surface area (Å²) >= 11 is 1.78. The van der Waals surface area contributed by atoms with Crippen molar-refractivity contribution >= 4 is 11.3 Å². The molecule has 0 amide bonds. The van der Waals surface area contributed by atoms with Crippen LogP contribution in [0, 0.1) is 0 Å². The summed E-state index contributed by atoms with van der Waals surface area (Å²) in [5.41, 5.74) is 1.48. The Hall–Kier alpha value is -0.380. The molecule has 0 unspecified atom stereocenters. The van der Waals surface area contributed by atoms with Crippen LogP contribution in [-0.4, -0.2) is 26.8 Å². The highest BCUT2D eigenvalue weighted by atomic mass is 32.1. The van der Waals surface area contributed by atoms with Crippen LogP contribution >= 0.6 is 11.3 Å². The molecule has 14 heavy (non-hydrogen) atoms. The lowest BCUT2D eigenvalue weighted by molar-refractivity contribution is 0.199. The number of ether oxygens (including phenoxy) is 1. The molecule has 1 heterocycles. The maximum atomic E-state index is 4.95. The van der Waals surface area contributed by atoms with Crippen LogP contribution in [0.3, 0.4) is 0 Å². The number of methoxy groups -OCH3 is 1. The van der Waals surface area contributed by atoms with Crippen molar-refractivity contribution in [3.8, 4) is 0 Å². The summed E-state index contributed by atoms with van der Waals surface area (Å²) in [6.07, 6.45) is 3.74. The van der Waals surface area contributed by atoms with Crippen molar-refractivity contribution in [1.82, 2.24) is 5.32 Å². The summed E-state index contributed by atoms with van der Waals surface area (Å²) in [6, 6.07) is 2.21. The number of nitrogens with one attached hydrogen (secondary N) is 1. The monoisotopic (exact) mass is 213 g/mol. The third-order valence-electron chi connectivity index (χ3n) is 2.13. The Morgan fingerprint density at radius 2 is 2.29 bits per heavy atom. The fourth-order valence-corrected chi connectivity index (χ4v) is 2.02. The molecule has 1 aromatic heterocycles. The van der Waals surface area contributed by atoms with Crippen molar-refractivity contribution in [2.45, 2.75) is 19.3 Å². The smallest absolute Gasteiger partial charge is 0.0587 e. The predicted molar refractivity (Wildman–Crippen MR) is 62.0 cm³/mol. The molecule has 0 aliphatic carbocycles. The third kappa shape index (κ3) is 5.37. The van der Waals surface area contributed by atoms with Crippen LogP contribution in [0.4, 0.5) is 0 Å². The number of hydrogen-bond acceptors (Lipinski definition) is 3. The fraction of sp³-hybridized carbons (Fsp3) is 0.636. The van der Waals surface area contributed by atoms with E-state index >= 15 is 0 Å². The molecule has 0 saturated heterocycles. The van der Waals surface area contributed by atoms with Crippen molar-refractivity contribution in [2.24, 2.45) is 0 Å². The van der Waals surface area contributed by atoms with Crippen LogP contribution < -0.4 is 5.32 Å². The predicted octanol–water partition coefficient (Wildman–Crippen LogP) is 2.31. The highest BCUT2D eigenvalue weighted by Gasteiger charge is 1.93. The summed E-state index contributed by atoms with van der Waals surface area (Å²) in [6.45, 7) is 2.88. The largest absolute Gasteiger partial charge is 0.383 e. The summed E-state index contributed by atoms with van der Waals surface area (Å²) in [5.74, 6) is 0. The molecule has 0 aliphatic rings. The molecular weight excluding hydrogens is 194 g/mol. The normalized spacial score (nSPS) is 10.6. The van der Waals surface area contributed by atoms with Gasteiger partial charge in [-0.2, -0.15) is 11.3 Å². The van der Waals surface area contributed by atoms with E-state index in [9.17, 15) is 0 Å². The first-order valence-corrected chi connectivity index (χ1v) is 6.08. The minimum absolute atomic E-state index is 0.810. The Labute approximate surface area is 90.3 Å². The lowest BCUT2D eigenvalue weighted by Crippen LogP contribution is -2.20. The average Bonchev–Trinajstić information content (AvgIpc) is 2.69. The number of rotatable bonds is 8. The van der Waals surface area contributed by atoms with E-state index in [2.05, 4.69) is 22.1 Å². The quantitative estimate of drug-likeness (QED) is 0.669. The SMILES string of the molecule is COCCNCCCCc1ccsc1. The van der Waals surface area contributed by atoms with Gasteiger partial charge in [-0.05, 0) is 48.2 Å². The molecule has 0 saturated carbocycles. The van der Waals surface area contributed by atoms with Gasteiger partial charge in [-0.1, -0.05) is 0 Å². The minimum atomic E-state index is 0.810. The van der Waals surface area contributed by atoms with Crippen molar-refractivity contribution in [1.29, 1.82) is 0 Å². The molecule has 0 radical (unpaired) electrons. The standard InChI is InChI=1S/C11H19NOS/c1-13-8-7-12-6-3-2-4-11-5-9-14-10-11/h5,9-10,12H,2-4,6-8H2,1H3. The van der Waals surface area contributed by atoms with Crippen molar-refractivity contribution in [3.63, 3.8) is 0 Å². The molecule has 3 heteroatoms. The Morgan fingerprint density at radius 3 is 3.00 bits per heavy atom. The fourth-order valence-electron chi connectivity index (χ4n) is 1.31. The number of unbranched alkanes of at least 4 members (excludes halogenated alkanes) is 1. The van der Waals surface area contributed by atoms with Gasteiger partial charge < -0.3 is 10.1 Å². The first kappa shape index (κ1) is 11.7. The highest BCUT2D eigenvalue weighted by molar-refractivity contribution is 7.07. The zero-order chi connectivity index (χ0) is 10.1. The van der Waals surface area contributed by atoms with Crippen LogP contribution in [0.25, 0.3) is 0 Å². The van der Waals surface area contributed by atoms with Crippen LogP contribution in [0.15, 0.2) is 16.8 Å². The Morgan fingerprint density at radius 1 is 1.36 bits per heavy atom. The highest BCUT2D eigenvalue weighted by Crippen LogP contribution is 2.08. The number of aryl methyl sites for hydroxylation is 1. The van der Waals surface area contributed by atoms with Gasteiger partial charge >= 0.3 is 0 Å². The Balaban J connectivity index is 1.85. The average molecular weight is 213 g/mol. The van der Waals surface area contributed by atoms with Crippen molar-refractivity contribution < 1.29 is 4.74 Å². The van der Waals surface area contributed by atoms with Crippen molar-refractivity contribution in [2.75, 3.05) is 26.8 Å². The topological polar surface area (TPSA) is 21.3 Å². The maximum absolute atomic E-state index is 4.95. The van der Waals surface area contributed by atoms with E-state index in [1.165, 1.54) is 24.8 Å². The van der Waals surface area contributed by atoms with Gasteiger partial charge in [0.1, 0.15) is 0 Å². The Kier molecular flexibility index (Phi) is 6.66.